The molecular formula is C9H14N2OS. The van der Waals surface area contributed by atoms with Gasteiger partial charge in [-0.1, -0.05) is 6.08 Å². The van der Waals surface area contributed by atoms with Crippen molar-refractivity contribution in [2.45, 2.75) is 30.1 Å². The SMILES string of the molecule is C=C[C@@H]1C[C@]1(N)C(=O)NSC1CC1. The van der Waals surface area contributed by atoms with E-state index in [1.54, 1.807) is 6.08 Å². The summed E-state index contributed by atoms with van der Waals surface area (Å²) >= 11 is 1.52. The van der Waals surface area contributed by atoms with Crippen LogP contribution in [0.2, 0.25) is 0 Å². The number of carbonyl (C=O) groups excluding carboxylic acids is 1. The van der Waals surface area contributed by atoms with Crippen molar-refractivity contribution in [1.29, 1.82) is 0 Å². The lowest BCUT2D eigenvalue weighted by atomic mass is 10.2. The molecule has 0 saturated heterocycles. The molecule has 2 aliphatic carbocycles. The maximum atomic E-state index is 11.5. The van der Waals surface area contributed by atoms with Crippen LogP contribution in [0.25, 0.3) is 0 Å². The van der Waals surface area contributed by atoms with Crippen molar-refractivity contribution in [3.05, 3.63) is 12.7 Å². The summed E-state index contributed by atoms with van der Waals surface area (Å²) in [5.41, 5.74) is 5.21. The number of nitrogens with two attached hydrogens (primary N) is 1. The Morgan fingerprint density at radius 3 is 2.85 bits per heavy atom. The van der Waals surface area contributed by atoms with Crippen LogP contribution in [-0.4, -0.2) is 16.7 Å². The minimum Gasteiger partial charge on any atom is -0.317 e. The van der Waals surface area contributed by atoms with E-state index in [-0.39, 0.29) is 11.8 Å². The summed E-state index contributed by atoms with van der Waals surface area (Å²) in [6, 6.07) is 0. The highest BCUT2D eigenvalue weighted by Gasteiger charge is 2.55. The summed E-state index contributed by atoms with van der Waals surface area (Å²) < 4.78 is 2.82. The van der Waals surface area contributed by atoms with Crippen molar-refractivity contribution in [2.75, 3.05) is 0 Å². The Morgan fingerprint density at radius 2 is 2.38 bits per heavy atom. The third kappa shape index (κ3) is 1.74. The molecule has 3 nitrogen and oxygen atoms in total. The highest BCUT2D eigenvalue weighted by atomic mass is 32.2. The van der Waals surface area contributed by atoms with Crippen LogP contribution in [0.5, 0.6) is 0 Å². The van der Waals surface area contributed by atoms with Crippen LogP contribution in [-0.2, 0) is 4.79 Å². The quantitative estimate of drug-likeness (QED) is 0.519. The number of carbonyl (C=O) groups is 1. The van der Waals surface area contributed by atoms with Gasteiger partial charge in [-0.25, -0.2) is 0 Å². The molecule has 2 aliphatic rings. The molecule has 0 unspecified atom stereocenters. The second-order valence-corrected chi connectivity index (χ2v) is 4.94. The van der Waals surface area contributed by atoms with Crippen molar-refractivity contribution >= 4 is 17.9 Å². The van der Waals surface area contributed by atoms with Crippen LogP contribution in [0.1, 0.15) is 19.3 Å². The van der Waals surface area contributed by atoms with E-state index in [1.807, 2.05) is 0 Å². The lowest BCUT2D eigenvalue weighted by Crippen LogP contribution is -2.41. The van der Waals surface area contributed by atoms with Gasteiger partial charge in [0.15, 0.2) is 0 Å². The topological polar surface area (TPSA) is 55.1 Å². The first kappa shape index (κ1) is 9.09. The zero-order valence-electron chi connectivity index (χ0n) is 7.45. The standard InChI is InChI=1S/C9H14N2OS/c1-2-6-5-9(6,10)8(12)11-13-7-3-4-7/h2,6-7H,1,3-5,10H2,(H,11,12)/t6-,9-/m1/s1. The zero-order chi connectivity index (χ0) is 9.47. The van der Waals surface area contributed by atoms with Crippen molar-refractivity contribution < 1.29 is 4.79 Å². The molecule has 2 fully saturated rings. The van der Waals surface area contributed by atoms with Gasteiger partial charge in [-0.2, -0.15) is 0 Å². The monoisotopic (exact) mass is 198 g/mol. The average Bonchev–Trinajstić information content (AvgIpc) is 2.97. The first-order chi connectivity index (χ1) is 6.16. The van der Waals surface area contributed by atoms with E-state index in [1.165, 1.54) is 24.8 Å². The van der Waals surface area contributed by atoms with Crippen LogP contribution < -0.4 is 10.5 Å². The fourth-order valence-corrected chi connectivity index (χ4v) is 2.11. The molecule has 4 heteroatoms. The minimum absolute atomic E-state index is 0.0331. The maximum Gasteiger partial charge on any atom is 0.250 e. The Hall–Kier alpha value is -0.480. The average molecular weight is 198 g/mol. The molecule has 13 heavy (non-hydrogen) atoms. The summed E-state index contributed by atoms with van der Waals surface area (Å²) in [6.07, 6.45) is 4.94. The zero-order valence-corrected chi connectivity index (χ0v) is 8.27. The van der Waals surface area contributed by atoms with E-state index in [4.69, 9.17) is 5.73 Å². The van der Waals surface area contributed by atoms with Gasteiger partial charge in [-0.3, -0.25) is 9.52 Å². The number of nitrogens with one attached hydrogen (secondary N) is 1. The third-order valence-corrected chi connectivity index (χ3v) is 3.72. The van der Waals surface area contributed by atoms with Crippen LogP contribution in [0, 0.1) is 5.92 Å². The molecule has 2 saturated carbocycles. The molecule has 0 aromatic carbocycles. The Bertz CT molecular complexity index is 252. The van der Waals surface area contributed by atoms with Gasteiger partial charge in [0.1, 0.15) is 5.54 Å². The molecule has 0 spiro atoms. The lowest BCUT2D eigenvalue weighted by molar-refractivity contribution is -0.121. The molecule has 0 aromatic rings. The predicted molar refractivity (Wildman–Crippen MR) is 54.0 cm³/mol. The van der Waals surface area contributed by atoms with E-state index in [9.17, 15) is 4.79 Å². The van der Waals surface area contributed by atoms with Gasteiger partial charge in [0.05, 0.1) is 0 Å². The molecule has 0 aromatic heterocycles. The molecule has 2 rings (SSSR count). The summed E-state index contributed by atoms with van der Waals surface area (Å²) in [5, 5.41) is 0.633. The van der Waals surface area contributed by atoms with Crippen LogP contribution >= 0.6 is 11.9 Å². The van der Waals surface area contributed by atoms with Gasteiger partial charge < -0.3 is 5.73 Å². The van der Waals surface area contributed by atoms with Crippen LogP contribution in [0.4, 0.5) is 0 Å². The van der Waals surface area contributed by atoms with Crippen molar-refractivity contribution in [3.8, 4) is 0 Å². The minimum atomic E-state index is -0.649. The molecule has 0 radical (unpaired) electrons. The van der Waals surface area contributed by atoms with E-state index >= 15 is 0 Å². The van der Waals surface area contributed by atoms with Gasteiger partial charge in [0.2, 0.25) is 0 Å². The normalized spacial score (nSPS) is 36.8. The van der Waals surface area contributed by atoms with Crippen LogP contribution in [0.15, 0.2) is 12.7 Å². The lowest BCUT2D eigenvalue weighted by Gasteiger charge is -2.09. The molecule has 0 aliphatic heterocycles. The molecule has 72 valence electrons. The highest BCUT2D eigenvalue weighted by Crippen LogP contribution is 2.43. The predicted octanol–water partition coefficient (Wildman–Crippen LogP) is 0.817. The van der Waals surface area contributed by atoms with Crippen molar-refractivity contribution in [2.24, 2.45) is 11.7 Å². The number of amides is 1. The summed E-state index contributed by atoms with van der Waals surface area (Å²) in [4.78, 5) is 11.5. The van der Waals surface area contributed by atoms with Crippen molar-refractivity contribution in [3.63, 3.8) is 0 Å². The fourth-order valence-electron chi connectivity index (χ4n) is 1.28. The highest BCUT2D eigenvalue weighted by molar-refractivity contribution is 7.98. The van der Waals surface area contributed by atoms with Crippen molar-refractivity contribution in [1.82, 2.24) is 4.72 Å². The molecule has 0 bridgehead atoms. The molecule has 1 amide bonds. The van der Waals surface area contributed by atoms with E-state index in [0.29, 0.717) is 5.25 Å². The molecule has 3 N–H and O–H groups in total. The third-order valence-electron chi connectivity index (χ3n) is 2.61. The van der Waals surface area contributed by atoms with E-state index in [2.05, 4.69) is 11.3 Å². The largest absolute Gasteiger partial charge is 0.317 e. The summed E-state index contributed by atoms with van der Waals surface area (Å²) in [7, 11) is 0. The van der Waals surface area contributed by atoms with Gasteiger partial charge >= 0.3 is 0 Å². The van der Waals surface area contributed by atoms with E-state index < -0.39 is 5.54 Å². The second kappa shape index (κ2) is 3.03. The van der Waals surface area contributed by atoms with Gasteiger partial charge in [0, 0.05) is 11.2 Å². The van der Waals surface area contributed by atoms with Gasteiger partial charge in [-0.15, -0.1) is 6.58 Å². The number of rotatable bonds is 4. The molecular weight excluding hydrogens is 184 g/mol. The molecule has 0 heterocycles. The van der Waals surface area contributed by atoms with Crippen LogP contribution in [0.3, 0.4) is 0 Å². The fraction of sp³-hybridized carbons (Fsp3) is 0.667. The first-order valence-corrected chi connectivity index (χ1v) is 5.42. The number of hydrogen-bond donors (Lipinski definition) is 2. The second-order valence-electron chi connectivity index (χ2n) is 3.84. The Balaban J connectivity index is 1.79. The summed E-state index contributed by atoms with van der Waals surface area (Å²) in [5.74, 6) is 0.140. The summed E-state index contributed by atoms with van der Waals surface area (Å²) in [6.45, 7) is 3.64. The van der Waals surface area contributed by atoms with E-state index in [0.717, 1.165) is 6.42 Å². The first-order valence-electron chi connectivity index (χ1n) is 4.54. The van der Waals surface area contributed by atoms with Gasteiger partial charge in [0.25, 0.3) is 5.91 Å². The Morgan fingerprint density at radius 1 is 1.69 bits per heavy atom. The number of hydrogen-bond acceptors (Lipinski definition) is 3. The van der Waals surface area contributed by atoms with Gasteiger partial charge in [-0.05, 0) is 31.2 Å². The Kier molecular flexibility index (Phi) is 2.12. The maximum absolute atomic E-state index is 11.5. The Labute approximate surface area is 82.3 Å². The smallest absolute Gasteiger partial charge is 0.250 e. The molecule has 2 atom stereocenters.